The van der Waals surface area contributed by atoms with Crippen molar-refractivity contribution in [3.8, 4) is 5.88 Å². The van der Waals surface area contributed by atoms with Gasteiger partial charge in [-0.2, -0.15) is 0 Å². The average molecular weight is 325 g/mol. The van der Waals surface area contributed by atoms with Crippen LogP contribution in [0.25, 0.3) is 0 Å². The summed E-state index contributed by atoms with van der Waals surface area (Å²) in [6.07, 6.45) is 1.84. The lowest BCUT2D eigenvalue weighted by molar-refractivity contribution is 0.229. The summed E-state index contributed by atoms with van der Waals surface area (Å²) in [6, 6.07) is 9.43. The highest BCUT2D eigenvalue weighted by Gasteiger charge is 2.06. The molecule has 0 saturated heterocycles. The van der Waals surface area contributed by atoms with Gasteiger partial charge in [-0.15, -0.1) is 0 Å². The molecule has 0 amide bonds. The van der Waals surface area contributed by atoms with Gasteiger partial charge < -0.3 is 10.1 Å². The number of rotatable bonds is 6. The molecule has 5 heteroatoms. The fourth-order valence-corrected chi connectivity index (χ4v) is 2.51. The molecule has 112 valence electrons. The van der Waals surface area contributed by atoms with Crippen molar-refractivity contribution in [3.05, 3.63) is 57.7 Å². The van der Waals surface area contributed by atoms with Crippen LogP contribution in [0.5, 0.6) is 5.88 Å². The van der Waals surface area contributed by atoms with E-state index in [1.54, 1.807) is 12.3 Å². The summed E-state index contributed by atoms with van der Waals surface area (Å²) in [5.41, 5.74) is 2.07. The summed E-state index contributed by atoms with van der Waals surface area (Å²) in [5.74, 6) is 0.670. The Bertz CT molecular complexity index is 582. The number of halogens is 2. The van der Waals surface area contributed by atoms with E-state index in [-0.39, 0.29) is 6.10 Å². The Kier molecular flexibility index (Phi) is 5.85. The first-order valence-electron chi connectivity index (χ1n) is 6.81. The maximum atomic E-state index is 5.99. The molecule has 1 N–H and O–H groups in total. The quantitative estimate of drug-likeness (QED) is 0.851. The van der Waals surface area contributed by atoms with Gasteiger partial charge in [0.2, 0.25) is 5.88 Å². The van der Waals surface area contributed by atoms with Gasteiger partial charge >= 0.3 is 0 Å². The Morgan fingerprint density at radius 3 is 2.52 bits per heavy atom. The number of pyridine rings is 1. The average Bonchev–Trinajstić information content (AvgIpc) is 2.39. The maximum Gasteiger partial charge on any atom is 0.218 e. The normalized spacial score (nSPS) is 10.9. The van der Waals surface area contributed by atoms with Gasteiger partial charge in [0.25, 0.3) is 0 Å². The molecule has 1 heterocycles. The van der Waals surface area contributed by atoms with E-state index in [9.17, 15) is 0 Å². The van der Waals surface area contributed by atoms with Crippen molar-refractivity contribution < 1.29 is 4.74 Å². The van der Waals surface area contributed by atoms with Crippen LogP contribution < -0.4 is 10.1 Å². The molecular formula is C16H18Cl2N2O. The van der Waals surface area contributed by atoms with Crippen LogP contribution in [0, 0.1) is 0 Å². The van der Waals surface area contributed by atoms with Crippen LogP contribution in [0.3, 0.4) is 0 Å². The van der Waals surface area contributed by atoms with Crippen LogP contribution in [-0.2, 0) is 13.1 Å². The summed E-state index contributed by atoms with van der Waals surface area (Å²) in [7, 11) is 0. The predicted molar refractivity (Wildman–Crippen MR) is 87.0 cm³/mol. The van der Waals surface area contributed by atoms with Crippen LogP contribution in [0.1, 0.15) is 25.0 Å². The molecule has 0 aliphatic carbocycles. The zero-order valence-electron chi connectivity index (χ0n) is 12.1. The minimum atomic E-state index is 0.102. The molecule has 0 spiro atoms. The lowest BCUT2D eigenvalue weighted by Gasteiger charge is -2.13. The van der Waals surface area contributed by atoms with Gasteiger partial charge in [-0.05, 0) is 43.7 Å². The molecule has 0 bridgehead atoms. The van der Waals surface area contributed by atoms with E-state index in [2.05, 4.69) is 10.3 Å². The minimum Gasteiger partial charge on any atom is -0.475 e. The van der Waals surface area contributed by atoms with E-state index < -0.39 is 0 Å². The third kappa shape index (κ3) is 5.20. The van der Waals surface area contributed by atoms with Gasteiger partial charge in [0.1, 0.15) is 0 Å². The van der Waals surface area contributed by atoms with Crippen molar-refractivity contribution in [1.82, 2.24) is 10.3 Å². The third-order valence-corrected chi connectivity index (χ3v) is 3.20. The van der Waals surface area contributed by atoms with E-state index >= 15 is 0 Å². The van der Waals surface area contributed by atoms with Crippen molar-refractivity contribution in [2.75, 3.05) is 0 Å². The molecule has 1 aromatic heterocycles. The van der Waals surface area contributed by atoms with Crippen LogP contribution in [0.4, 0.5) is 0 Å². The monoisotopic (exact) mass is 324 g/mol. The molecule has 2 aromatic rings. The van der Waals surface area contributed by atoms with Gasteiger partial charge in [-0.1, -0.05) is 29.3 Å². The second-order valence-electron chi connectivity index (χ2n) is 5.02. The summed E-state index contributed by atoms with van der Waals surface area (Å²) in [5, 5.41) is 4.63. The highest BCUT2D eigenvalue weighted by atomic mass is 35.5. The maximum absolute atomic E-state index is 5.99. The smallest absolute Gasteiger partial charge is 0.218 e. The van der Waals surface area contributed by atoms with Crippen molar-refractivity contribution in [2.45, 2.75) is 33.0 Å². The standard InChI is InChI=1S/C16H18Cl2N2O/c1-11(2)21-16-13(4-3-5-20-16)10-19-9-12-6-14(17)8-15(18)7-12/h3-8,11,19H,9-10H2,1-2H3. The summed E-state index contributed by atoms with van der Waals surface area (Å²) in [6.45, 7) is 5.32. The van der Waals surface area contributed by atoms with Gasteiger partial charge in [-0.25, -0.2) is 4.98 Å². The van der Waals surface area contributed by atoms with E-state index in [0.29, 0.717) is 29.0 Å². The van der Waals surface area contributed by atoms with Crippen LogP contribution >= 0.6 is 23.2 Å². The highest BCUT2D eigenvalue weighted by Crippen LogP contribution is 2.19. The number of nitrogens with one attached hydrogen (secondary N) is 1. The number of hydrogen-bond donors (Lipinski definition) is 1. The van der Waals surface area contributed by atoms with Crippen molar-refractivity contribution in [1.29, 1.82) is 0 Å². The molecule has 0 fully saturated rings. The molecule has 0 unspecified atom stereocenters. The second kappa shape index (κ2) is 7.64. The van der Waals surface area contributed by atoms with E-state index in [1.807, 2.05) is 38.1 Å². The SMILES string of the molecule is CC(C)Oc1ncccc1CNCc1cc(Cl)cc(Cl)c1. The zero-order valence-corrected chi connectivity index (χ0v) is 13.6. The Balaban J connectivity index is 1.97. The second-order valence-corrected chi connectivity index (χ2v) is 5.89. The largest absolute Gasteiger partial charge is 0.475 e. The summed E-state index contributed by atoms with van der Waals surface area (Å²) in [4.78, 5) is 4.27. The van der Waals surface area contributed by atoms with Crippen LogP contribution in [0.2, 0.25) is 10.0 Å². The van der Waals surface area contributed by atoms with Crippen molar-refractivity contribution >= 4 is 23.2 Å². The van der Waals surface area contributed by atoms with E-state index in [4.69, 9.17) is 27.9 Å². The summed E-state index contributed by atoms with van der Waals surface area (Å²) >= 11 is 12.0. The molecule has 1 aromatic carbocycles. The lowest BCUT2D eigenvalue weighted by atomic mass is 10.2. The lowest BCUT2D eigenvalue weighted by Crippen LogP contribution is -2.15. The van der Waals surface area contributed by atoms with Crippen LogP contribution in [-0.4, -0.2) is 11.1 Å². The summed E-state index contributed by atoms with van der Waals surface area (Å²) < 4.78 is 5.69. The van der Waals surface area contributed by atoms with Gasteiger partial charge in [-0.3, -0.25) is 0 Å². The minimum absolute atomic E-state index is 0.102. The van der Waals surface area contributed by atoms with E-state index in [0.717, 1.165) is 11.1 Å². The first kappa shape index (κ1) is 16.1. The number of nitrogens with zero attached hydrogens (tertiary/aromatic N) is 1. The fraction of sp³-hybridized carbons (Fsp3) is 0.312. The zero-order chi connectivity index (χ0) is 15.2. The number of hydrogen-bond acceptors (Lipinski definition) is 3. The number of aromatic nitrogens is 1. The number of benzene rings is 1. The van der Waals surface area contributed by atoms with Crippen LogP contribution in [0.15, 0.2) is 36.5 Å². The Hall–Kier alpha value is -1.29. The van der Waals surface area contributed by atoms with Crippen molar-refractivity contribution in [2.24, 2.45) is 0 Å². The molecule has 2 rings (SSSR count). The van der Waals surface area contributed by atoms with Gasteiger partial charge in [0, 0.05) is 34.9 Å². The Morgan fingerprint density at radius 2 is 1.86 bits per heavy atom. The van der Waals surface area contributed by atoms with Gasteiger partial charge in [0.15, 0.2) is 0 Å². The number of ether oxygens (including phenoxy) is 1. The molecule has 3 nitrogen and oxygen atoms in total. The van der Waals surface area contributed by atoms with Crippen molar-refractivity contribution in [3.63, 3.8) is 0 Å². The first-order chi connectivity index (χ1) is 10.0. The molecule has 21 heavy (non-hydrogen) atoms. The highest BCUT2D eigenvalue weighted by molar-refractivity contribution is 6.34. The molecule has 0 atom stereocenters. The first-order valence-corrected chi connectivity index (χ1v) is 7.56. The Morgan fingerprint density at radius 1 is 1.14 bits per heavy atom. The third-order valence-electron chi connectivity index (χ3n) is 2.76. The molecule has 0 saturated carbocycles. The molecule has 0 aliphatic heterocycles. The van der Waals surface area contributed by atoms with E-state index in [1.165, 1.54) is 0 Å². The fourth-order valence-electron chi connectivity index (χ4n) is 1.94. The topological polar surface area (TPSA) is 34.1 Å². The molecular weight excluding hydrogens is 307 g/mol. The predicted octanol–water partition coefficient (Wildman–Crippen LogP) is 4.47. The van der Waals surface area contributed by atoms with Gasteiger partial charge in [0.05, 0.1) is 6.10 Å². The molecule has 0 radical (unpaired) electrons. The Labute approximate surface area is 135 Å². The molecule has 0 aliphatic rings.